The van der Waals surface area contributed by atoms with Crippen molar-refractivity contribution in [3.05, 3.63) is 40.4 Å². The summed E-state index contributed by atoms with van der Waals surface area (Å²) in [7, 11) is 1.81. The van der Waals surface area contributed by atoms with E-state index in [9.17, 15) is 9.59 Å². The normalized spacial score (nSPS) is 12.5. The summed E-state index contributed by atoms with van der Waals surface area (Å²) in [4.78, 5) is 33.2. The first-order chi connectivity index (χ1) is 11.9. The Morgan fingerprint density at radius 1 is 1.32 bits per heavy atom. The maximum atomic E-state index is 12.2. The van der Waals surface area contributed by atoms with E-state index < -0.39 is 0 Å². The van der Waals surface area contributed by atoms with Crippen LogP contribution in [0.2, 0.25) is 0 Å². The maximum absolute atomic E-state index is 12.2. The fourth-order valence-corrected chi connectivity index (χ4v) is 2.65. The Balaban J connectivity index is 1.84. The van der Waals surface area contributed by atoms with Gasteiger partial charge in [-0.25, -0.2) is 4.98 Å². The topological polar surface area (TPSA) is 92.1 Å². The number of aromatic amines is 1. The molecule has 0 aliphatic rings. The number of nitrogens with two attached hydrogens (primary N) is 1. The van der Waals surface area contributed by atoms with Crippen molar-refractivity contribution >= 4 is 16.8 Å². The number of carbonyl (C=O) groups is 1. The van der Waals surface area contributed by atoms with Gasteiger partial charge in [0.2, 0.25) is 5.91 Å². The summed E-state index contributed by atoms with van der Waals surface area (Å²) < 4.78 is 0. The van der Waals surface area contributed by atoms with E-state index in [0.717, 1.165) is 6.42 Å². The van der Waals surface area contributed by atoms with Crippen LogP contribution in [0.1, 0.15) is 38.9 Å². The molecule has 0 aliphatic carbocycles. The second-order valence-corrected chi connectivity index (χ2v) is 6.90. The quantitative estimate of drug-likeness (QED) is 0.767. The molecular formula is C19H28N4O2. The summed E-state index contributed by atoms with van der Waals surface area (Å²) in [5, 5.41) is 0.587. The van der Waals surface area contributed by atoms with E-state index in [1.807, 2.05) is 25.2 Å². The van der Waals surface area contributed by atoms with Crippen molar-refractivity contribution in [1.82, 2.24) is 14.9 Å². The zero-order valence-corrected chi connectivity index (χ0v) is 15.3. The number of rotatable bonds is 8. The minimum Gasteiger partial charge on any atom is -0.346 e. The molecule has 0 saturated heterocycles. The molecule has 1 heterocycles. The van der Waals surface area contributed by atoms with Gasteiger partial charge in [-0.15, -0.1) is 0 Å². The molecule has 0 spiro atoms. The molecule has 2 aromatic rings. The van der Waals surface area contributed by atoms with E-state index in [1.54, 1.807) is 11.0 Å². The molecule has 6 heteroatoms. The van der Waals surface area contributed by atoms with E-state index in [-0.39, 0.29) is 17.5 Å². The second-order valence-electron chi connectivity index (χ2n) is 6.90. The number of hydrogen-bond donors (Lipinski definition) is 2. The van der Waals surface area contributed by atoms with E-state index in [0.29, 0.717) is 48.5 Å². The van der Waals surface area contributed by atoms with Gasteiger partial charge in [0.25, 0.3) is 5.56 Å². The zero-order valence-electron chi connectivity index (χ0n) is 15.3. The summed E-state index contributed by atoms with van der Waals surface area (Å²) >= 11 is 0. The van der Waals surface area contributed by atoms with Gasteiger partial charge in [-0.2, -0.15) is 0 Å². The minimum atomic E-state index is -0.133. The molecule has 3 N–H and O–H groups in total. The summed E-state index contributed by atoms with van der Waals surface area (Å²) in [6.07, 6.45) is 2.47. The summed E-state index contributed by atoms with van der Waals surface area (Å²) in [6, 6.07) is 7.37. The monoisotopic (exact) mass is 344 g/mol. The van der Waals surface area contributed by atoms with Crippen LogP contribution in [0, 0.1) is 5.92 Å². The number of para-hydroxylation sites is 1. The van der Waals surface area contributed by atoms with Crippen LogP contribution >= 0.6 is 0 Å². The van der Waals surface area contributed by atoms with Crippen LogP contribution in [0.15, 0.2) is 29.1 Å². The lowest BCUT2D eigenvalue weighted by atomic mass is 10.0. The van der Waals surface area contributed by atoms with Gasteiger partial charge in [0, 0.05) is 32.5 Å². The number of hydrogen-bond acceptors (Lipinski definition) is 4. The first-order valence-corrected chi connectivity index (χ1v) is 8.86. The molecule has 0 bridgehead atoms. The number of carbonyl (C=O) groups excluding carboxylic acids is 1. The number of nitrogens with zero attached hydrogens (tertiary/aromatic N) is 2. The van der Waals surface area contributed by atoms with Crippen molar-refractivity contribution in [2.24, 2.45) is 11.7 Å². The minimum absolute atomic E-state index is 0.0964. The molecule has 0 saturated carbocycles. The lowest BCUT2D eigenvalue weighted by Gasteiger charge is -2.21. The smallest absolute Gasteiger partial charge is 0.258 e. The highest BCUT2D eigenvalue weighted by molar-refractivity contribution is 5.77. The molecule has 25 heavy (non-hydrogen) atoms. The van der Waals surface area contributed by atoms with Gasteiger partial charge in [-0.1, -0.05) is 26.0 Å². The average molecular weight is 344 g/mol. The number of amides is 1. The molecule has 2 rings (SSSR count). The third-order valence-corrected chi connectivity index (χ3v) is 4.55. The van der Waals surface area contributed by atoms with Crippen LogP contribution in [0.5, 0.6) is 0 Å². The lowest BCUT2D eigenvalue weighted by molar-refractivity contribution is -0.130. The standard InChI is InChI=1S/C19H28N4O2/c1-13(2)15(20)11-12-23(3)18(24)10-6-9-17-21-16-8-5-4-7-14(16)19(25)22-17/h4-5,7-8,13,15H,6,9-12,20H2,1-3H3,(H,21,22,25). The van der Waals surface area contributed by atoms with Crippen molar-refractivity contribution < 1.29 is 4.79 Å². The molecule has 1 aromatic heterocycles. The van der Waals surface area contributed by atoms with Crippen LogP contribution in [-0.4, -0.2) is 40.4 Å². The number of fused-ring (bicyclic) bond motifs is 1. The molecule has 6 nitrogen and oxygen atoms in total. The van der Waals surface area contributed by atoms with Crippen LogP contribution in [0.25, 0.3) is 10.9 Å². The molecule has 1 unspecified atom stereocenters. The van der Waals surface area contributed by atoms with Gasteiger partial charge < -0.3 is 15.6 Å². The van der Waals surface area contributed by atoms with Gasteiger partial charge in [0.1, 0.15) is 5.82 Å². The van der Waals surface area contributed by atoms with Crippen LogP contribution < -0.4 is 11.3 Å². The third kappa shape index (κ3) is 5.39. The van der Waals surface area contributed by atoms with Gasteiger partial charge in [0.15, 0.2) is 0 Å². The molecule has 1 amide bonds. The maximum Gasteiger partial charge on any atom is 0.258 e. The van der Waals surface area contributed by atoms with Crippen LogP contribution in [0.4, 0.5) is 0 Å². The Hall–Kier alpha value is -2.21. The van der Waals surface area contributed by atoms with Gasteiger partial charge >= 0.3 is 0 Å². The van der Waals surface area contributed by atoms with Crippen molar-refractivity contribution in [3.63, 3.8) is 0 Å². The van der Waals surface area contributed by atoms with Crippen molar-refractivity contribution in [3.8, 4) is 0 Å². The van der Waals surface area contributed by atoms with Gasteiger partial charge in [-0.05, 0) is 30.9 Å². The first-order valence-electron chi connectivity index (χ1n) is 8.86. The highest BCUT2D eigenvalue weighted by Crippen LogP contribution is 2.09. The summed E-state index contributed by atoms with van der Waals surface area (Å²) in [5.74, 6) is 1.14. The Labute approximate surface area is 148 Å². The van der Waals surface area contributed by atoms with E-state index in [2.05, 4.69) is 23.8 Å². The Bertz CT molecular complexity index is 769. The highest BCUT2D eigenvalue weighted by atomic mass is 16.2. The zero-order chi connectivity index (χ0) is 18.4. The summed E-state index contributed by atoms with van der Waals surface area (Å²) in [5.41, 5.74) is 6.58. The predicted octanol–water partition coefficient (Wildman–Crippen LogP) is 2.08. The molecule has 0 aliphatic heterocycles. The first kappa shape index (κ1) is 19.1. The van der Waals surface area contributed by atoms with Gasteiger partial charge in [0.05, 0.1) is 10.9 Å². The molecule has 0 radical (unpaired) electrons. The Morgan fingerprint density at radius 2 is 2.04 bits per heavy atom. The van der Waals surface area contributed by atoms with Crippen LogP contribution in [0.3, 0.4) is 0 Å². The lowest BCUT2D eigenvalue weighted by Crippen LogP contribution is -2.34. The third-order valence-electron chi connectivity index (χ3n) is 4.55. The van der Waals surface area contributed by atoms with E-state index in [1.165, 1.54) is 0 Å². The fourth-order valence-electron chi connectivity index (χ4n) is 2.65. The fraction of sp³-hybridized carbons (Fsp3) is 0.526. The predicted molar refractivity (Wildman–Crippen MR) is 100 cm³/mol. The SMILES string of the molecule is CC(C)C(N)CCN(C)C(=O)CCCc1nc2ccccc2c(=O)[nH]1. The largest absolute Gasteiger partial charge is 0.346 e. The number of H-pyrrole nitrogens is 1. The highest BCUT2D eigenvalue weighted by Gasteiger charge is 2.13. The molecule has 0 fully saturated rings. The number of aromatic nitrogens is 2. The van der Waals surface area contributed by atoms with E-state index in [4.69, 9.17) is 5.73 Å². The number of benzene rings is 1. The summed E-state index contributed by atoms with van der Waals surface area (Å²) in [6.45, 7) is 4.84. The van der Waals surface area contributed by atoms with Crippen molar-refractivity contribution in [2.45, 2.75) is 45.6 Å². The average Bonchev–Trinajstić information content (AvgIpc) is 2.59. The number of nitrogens with one attached hydrogen (secondary N) is 1. The Morgan fingerprint density at radius 3 is 2.76 bits per heavy atom. The molecular weight excluding hydrogens is 316 g/mol. The van der Waals surface area contributed by atoms with Crippen molar-refractivity contribution in [2.75, 3.05) is 13.6 Å². The van der Waals surface area contributed by atoms with Crippen molar-refractivity contribution in [1.29, 1.82) is 0 Å². The van der Waals surface area contributed by atoms with Gasteiger partial charge in [-0.3, -0.25) is 9.59 Å². The number of aryl methyl sites for hydroxylation is 1. The molecule has 1 aromatic carbocycles. The van der Waals surface area contributed by atoms with Crippen LogP contribution in [-0.2, 0) is 11.2 Å². The van der Waals surface area contributed by atoms with E-state index >= 15 is 0 Å². The molecule has 1 atom stereocenters. The Kier molecular flexibility index (Phi) is 6.70. The second kappa shape index (κ2) is 8.76. The molecule has 136 valence electrons.